The number of hydrogen-bond donors (Lipinski definition) is 1. The van der Waals surface area contributed by atoms with E-state index in [0.717, 1.165) is 18.4 Å². The van der Waals surface area contributed by atoms with Crippen molar-refractivity contribution in [3.8, 4) is 5.88 Å². The molecule has 5 heteroatoms. The van der Waals surface area contributed by atoms with Crippen LogP contribution in [0.3, 0.4) is 0 Å². The Morgan fingerprint density at radius 1 is 1.40 bits per heavy atom. The van der Waals surface area contributed by atoms with Crippen LogP contribution in [0.1, 0.15) is 37.7 Å². The highest BCUT2D eigenvalue weighted by molar-refractivity contribution is 5.74. The predicted octanol–water partition coefficient (Wildman–Crippen LogP) is 2.56. The molecule has 0 unspecified atom stereocenters. The quantitative estimate of drug-likeness (QED) is 0.920. The molecule has 0 aliphatic heterocycles. The van der Waals surface area contributed by atoms with Gasteiger partial charge in [0.15, 0.2) is 0 Å². The van der Waals surface area contributed by atoms with Gasteiger partial charge in [-0.25, -0.2) is 9.78 Å². The normalized spacial score (nSPS) is 15.7. The Hall–Kier alpha value is -1.78. The van der Waals surface area contributed by atoms with E-state index in [1.165, 1.54) is 19.3 Å². The summed E-state index contributed by atoms with van der Waals surface area (Å²) >= 11 is 0. The Balaban J connectivity index is 1.81. The predicted molar refractivity (Wildman–Crippen MR) is 77.7 cm³/mol. The van der Waals surface area contributed by atoms with Crippen LogP contribution >= 0.6 is 0 Å². The van der Waals surface area contributed by atoms with Gasteiger partial charge >= 0.3 is 6.03 Å². The van der Waals surface area contributed by atoms with Gasteiger partial charge in [0.2, 0.25) is 5.88 Å². The third kappa shape index (κ3) is 3.85. The maximum atomic E-state index is 12.1. The summed E-state index contributed by atoms with van der Waals surface area (Å²) in [6, 6.07) is 4.09. The number of methoxy groups -OCH3 is 1. The first-order valence-corrected chi connectivity index (χ1v) is 7.20. The second-order valence-electron chi connectivity index (χ2n) is 5.27. The SMILES string of the molecule is COc1ccc(CNC(=O)N(C)C2CCCCC2)cn1. The summed E-state index contributed by atoms with van der Waals surface area (Å²) in [6.45, 7) is 0.493. The number of nitrogens with zero attached hydrogens (tertiary/aromatic N) is 2. The van der Waals surface area contributed by atoms with Crippen molar-refractivity contribution in [2.24, 2.45) is 0 Å². The van der Waals surface area contributed by atoms with Crippen molar-refractivity contribution in [2.75, 3.05) is 14.2 Å². The zero-order chi connectivity index (χ0) is 14.4. The third-order valence-corrected chi connectivity index (χ3v) is 3.89. The third-order valence-electron chi connectivity index (χ3n) is 3.89. The van der Waals surface area contributed by atoms with Gasteiger partial charge in [-0.2, -0.15) is 0 Å². The highest BCUT2D eigenvalue weighted by Crippen LogP contribution is 2.21. The summed E-state index contributed by atoms with van der Waals surface area (Å²) in [5.41, 5.74) is 0.969. The second kappa shape index (κ2) is 7.12. The minimum absolute atomic E-state index is 0.00674. The van der Waals surface area contributed by atoms with E-state index >= 15 is 0 Å². The molecule has 110 valence electrons. The second-order valence-corrected chi connectivity index (χ2v) is 5.27. The summed E-state index contributed by atoms with van der Waals surface area (Å²) < 4.78 is 5.01. The molecule has 0 bridgehead atoms. The summed E-state index contributed by atoms with van der Waals surface area (Å²) in [5.74, 6) is 0.583. The molecule has 0 saturated heterocycles. The standard InChI is InChI=1S/C15H23N3O2/c1-18(13-6-4-3-5-7-13)15(19)17-11-12-8-9-14(20-2)16-10-12/h8-10,13H,3-7,11H2,1-2H3,(H,17,19). The van der Waals surface area contributed by atoms with Crippen molar-refractivity contribution in [1.29, 1.82) is 0 Å². The van der Waals surface area contributed by atoms with E-state index < -0.39 is 0 Å². The number of amides is 2. The fourth-order valence-electron chi connectivity index (χ4n) is 2.57. The smallest absolute Gasteiger partial charge is 0.317 e. The van der Waals surface area contributed by atoms with E-state index in [2.05, 4.69) is 10.3 Å². The van der Waals surface area contributed by atoms with E-state index in [-0.39, 0.29) is 6.03 Å². The largest absolute Gasteiger partial charge is 0.481 e. The Morgan fingerprint density at radius 3 is 2.75 bits per heavy atom. The van der Waals surface area contributed by atoms with Crippen LogP contribution in [-0.2, 0) is 6.54 Å². The van der Waals surface area contributed by atoms with E-state index in [1.807, 2.05) is 18.0 Å². The number of nitrogens with one attached hydrogen (secondary N) is 1. The number of pyridine rings is 1. The average molecular weight is 277 g/mol. The van der Waals surface area contributed by atoms with Crippen LogP contribution in [0, 0.1) is 0 Å². The first-order chi connectivity index (χ1) is 9.70. The molecular weight excluding hydrogens is 254 g/mol. The summed E-state index contributed by atoms with van der Waals surface area (Å²) in [5, 5.41) is 2.94. The summed E-state index contributed by atoms with van der Waals surface area (Å²) in [7, 11) is 3.47. The summed E-state index contributed by atoms with van der Waals surface area (Å²) in [4.78, 5) is 18.1. The van der Waals surface area contributed by atoms with Crippen molar-refractivity contribution in [2.45, 2.75) is 44.7 Å². The average Bonchev–Trinajstić information content (AvgIpc) is 2.53. The molecule has 5 nitrogen and oxygen atoms in total. The molecule has 1 heterocycles. The van der Waals surface area contributed by atoms with Gasteiger partial charge in [-0.15, -0.1) is 0 Å². The molecule has 0 atom stereocenters. The van der Waals surface area contributed by atoms with Crippen molar-refractivity contribution >= 4 is 6.03 Å². The molecule has 1 aliphatic carbocycles. The van der Waals surface area contributed by atoms with Gasteiger partial charge in [0.05, 0.1) is 7.11 Å². The number of urea groups is 1. The molecule has 2 rings (SSSR count). The van der Waals surface area contributed by atoms with Gasteiger partial charge in [0.1, 0.15) is 0 Å². The summed E-state index contributed by atoms with van der Waals surface area (Å²) in [6.07, 6.45) is 7.71. The lowest BCUT2D eigenvalue weighted by molar-refractivity contribution is 0.173. The monoisotopic (exact) mass is 277 g/mol. The Morgan fingerprint density at radius 2 is 2.15 bits per heavy atom. The van der Waals surface area contributed by atoms with E-state index in [4.69, 9.17) is 4.74 Å². The van der Waals surface area contributed by atoms with Crippen LogP contribution in [0.5, 0.6) is 5.88 Å². The van der Waals surface area contributed by atoms with Crippen molar-refractivity contribution < 1.29 is 9.53 Å². The topological polar surface area (TPSA) is 54.5 Å². The van der Waals surface area contributed by atoms with Crippen LogP contribution < -0.4 is 10.1 Å². The zero-order valence-electron chi connectivity index (χ0n) is 12.3. The molecule has 1 aliphatic rings. The first-order valence-electron chi connectivity index (χ1n) is 7.20. The van der Waals surface area contributed by atoms with Gasteiger partial charge in [0.25, 0.3) is 0 Å². The van der Waals surface area contributed by atoms with Crippen LogP contribution in [0.2, 0.25) is 0 Å². The molecular formula is C15H23N3O2. The van der Waals surface area contributed by atoms with Crippen LogP contribution in [-0.4, -0.2) is 36.1 Å². The molecule has 1 N–H and O–H groups in total. The highest BCUT2D eigenvalue weighted by Gasteiger charge is 2.21. The number of carbonyl (C=O) groups excluding carboxylic acids is 1. The lowest BCUT2D eigenvalue weighted by Gasteiger charge is -2.31. The lowest BCUT2D eigenvalue weighted by atomic mass is 9.95. The molecule has 0 spiro atoms. The number of carbonyl (C=O) groups is 1. The molecule has 20 heavy (non-hydrogen) atoms. The Kier molecular flexibility index (Phi) is 5.21. The highest BCUT2D eigenvalue weighted by atomic mass is 16.5. The van der Waals surface area contributed by atoms with Crippen LogP contribution in [0.15, 0.2) is 18.3 Å². The molecule has 2 amide bonds. The van der Waals surface area contributed by atoms with E-state index in [1.54, 1.807) is 19.4 Å². The first kappa shape index (κ1) is 14.6. The van der Waals surface area contributed by atoms with E-state index in [9.17, 15) is 4.79 Å². The minimum Gasteiger partial charge on any atom is -0.481 e. The maximum Gasteiger partial charge on any atom is 0.317 e. The van der Waals surface area contributed by atoms with Gasteiger partial charge in [0, 0.05) is 31.9 Å². The Labute approximate surface area is 120 Å². The van der Waals surface area contributed by atoms with Crippen molar-refractivity contribution in [3.05, 3.63) is 23.9 Å². The molecule has 1 aromatic heterocycles. The minimum atomic E-state index is -0.00674. The Bertz CT molecular complexity index is 427. The van der Waals surface area contributed by atoms with Gasteiger partial charge in [-0.3, -0.25) is 0 Å². The fraction of sp³-hybridized carbons (Fsp3) is 0.600. The number of rotatable bonds is 4. The lowest BCUT2D eigenvalue weighted by Crippen LogP contribution is -2.44. The fourth-order valence-corrected chi connectivity index (χ4v) is 2.57. The van der Waals surface area contributed by atoms with Gasteiger partial charge in [-0.1, -0.05) is 25.3 Å². The van der Waals surface area contributed by atoms with Gasteiger partial charge < -0.3 is 15.0 Å². The molecule has 1 fully saturated rings. The molecule has 0 radical (unpaired) electrons. The van der Waals surface area contributed by atoms with Crippen LogP contribution in [0.4, 0.5) is 4.79 Å². The zero-order valence-corrected chi connectivity index (χ0v) is 12.3. The van der Waals surface area contributed by atoms with Crippen molar-refractivity contribution in [3.63, 3.8) is 0 Å². The van der Waals surface area contributed by atoms with E-state index in [0.29, 0.717) is 18.5 Å². The van der Waals surface area contributed by atoms with Crippen molar-refractivity contribution in [1.82, 2.24) is 15.2 Å². The number of ether oxygens (including phenoxy) is 1. The number of aromatic nitrogens is 1. The molecule has 1 aromatic rings. The number of hydrogen-bond acceptors (Lipinski definition) is 3. The molecule has 0 aromatic carbocycles. The van der Waals surface area contributed by atoms with Gasteiger partial charge in [-0.05, 0) is 18.4 Å². The van der Waals surface area contributed by atoms with Crippen LogP contribution in [0.25, 0.3) is 0 Å². The molecule has 1 saturated carbocycles. The maximum absolute atomic E-state index is 12.1.